The number of rotatable bonds is 8. The highest BCUT2D eigenvalue weighted by atomic mass is 16.5. The van der Waals surface area contributed by atoms with Crippen LogP contribution in [0.1, 0.15) is 33.9 Å². The Morgan fingerprint density at radius 2 is 2.00 bits per heavy atom. The first-order valence-corrected chi connectivity index (χ1v) is 9.90. The van der Waals surface area contributed by atoms with Crippen molar-refractivity contribution in [3.8, 4) is 5.75 Å². The van der Waals surface area contributed by atoms with Crippen LogP contribution in [-0.2, 0) is 13.2 Å². The van der Waals surface area contributed by atoms with Gasteiger partial charge in [-0.05, 0) is 50.1 Å². The molecule has 4 aromatic rings. The Balaban J connectivity index is 1.24. The van der Waals surface area contributed by atoms with Gasteiger partial charge in [0.25, 0.3) is 5.91 Å². The topological polar surface area (TPSA) is 86.3 Å². The number of carbonyl (C=O) groups excluding carboxylic acids is 1. The Bertz CT molecular complexity index is 1160. The second-order valence-corrected chi connectivity index (χ2v) is 7.19. The summed E-state index contributed by atoms with van der Waals surface area (Å²) < 4.78 is 9.36. The molecule has 1 amide bonds. The summed E-state index contributed by atoms with van der Waals surface area (Å²) in [6.07, 6.45) is 5.17. The summed E-state index contributed by atoms with van der Waals surface area (Å²) in [6, 6.07) is 13.5. The van der Waals surface area contributed by atoms with E-state index in [4.69, 9.17) is 4.74 Å². The number of fused-ring (bicyclic) bond motifs is 1. The van der Waals surface area contributed by atoms with E-state index in [1.165, 1.54) is 5.56 Å². The molecule has 0 aliphatic heterocycles. The smallest absolute Gasteiger partial charge is 0.271 e. The second kappa shape index (κ2) is 8.77. The number of nitrogens with zero attached hydrogens (tertiary/aromatic N) is 5. The van der Waals surface area contributed by atoms with Crippen LogP contribution in [0.15, 0.2) is 54.9 Å². The number of carbonyl (C=O) groups is 1. The number of nitrogens with one attached hydrogen (secondary N) is 1. The molecule has 1 N–H and O–H groups in total. The predicted octanol–water partition coefficient (Wildman–Crippen LogP) is 2.94. The van der Waals surface area contributed by atoms with Crippen molar-refractivity contribution in [1.29, 1.82) is 0 Å². The highest BCUT2D eigenvalue weighted by Gasteiger charge is 2.10. The molecule has 1 aromatic carbocycles. The summed E-state index contributed by atoms with van der Waals surface area (Å²) in [7, 11) is 0. The van der Waals surface area contributed by atoms with Crippen molar-refractivity contribution >= 4 is 11.6 Å². The first-order valence-electron chi connectivity index (χ1n) is 9.90. The van der Waals surface area contributed by atoms with Gasteiger partial charge in [0.05, 0.1) is 0 Å². The molecule has 8 heteroatoms. The van der Waals surface area contributed by atoms with Gasteiger partial charge in [-0.2, -0.15) is 5.10 Å². The fourth-order valence-corrected chi connectivity index (χ4v) is 3.25. The van der Waals surface area contributed by atoms with E-state index in [1.54, 1.807) is 16.9 Å². The summed E-state index contributed by atoms with van der Waals surface area (Å²) in [5.41, 5.74) is 3.45. The van der Waals surface area contributed by atoms with E-state index < -0.39 is 0 Å². The van der Waals surface area contributed by atoms with Crippen LogP contribution in [0.5, 0.6) is 5.75 Å². The molecule has 4 rings (SSSR count). The summed E-state index contributed by atoms with van der Waals surface area (Å²) in [4.78, 5) is 12.3. The molecule has 30 heavy (non-hydrogen) atoms. The van der Waals surface area contributed by atoms with Crippen LogP contribution in [0.25, 0.3) is 5.65 Å². The van der Waals surface area contributed by atoms with E-state index in [9.17, 15) is 4.79 Å². The van der Waals surface area contributed by atoms with Crippen molar-refractivity contribution in [2.75, 3.05) is 6.54 Å². The average Bonchev–Trinajstić information content (AvgIpc) is 3.38. The fourth-order valence-electron chi connectivity index (χ4n) is 3.25. The lowest BCUT2D eigenvalue weighted by Gasteiger charge is -2.09. The minimum absolute atomic E-state index is 0.202. The Labute approximate surface area is 174 Å². The van der Waals surface area contributed by atoms with Crippen LogP contribution in [0, 0.1) is 13.8 Å². The highest BCUT2D eigenvalue weighted by molar-refractivity contribution is 5.92. The predicted molar refractivity (Wildman–Crippen MR) is 112 cm³/mol. The SMILES string of the molecule is Cc1ccc(OCn2ccc(C(=O)NCCCc3nnc4ccccn34)n2)c(C)c1. The van der Waals surface area contributed by atoms with Gasteiger partial charge < -0.3 is 10.1 Å². The molecule has 0 radical (unpaired) electrons. The van der Waals surface area contributed by atoms with Crippen LogP contribution < -0.4 is 10.1 Å². The van der Waals surface area contributed by atoms with Crippen LogP contribution in [0.3, 0.4) is 0 Å². The van der Waals surface area contributed by atoms with Gasteiger partial charge in [-0.1, -0.05) is 23.8 Å². The number of hydrogen-bond donors (Lipinski definition) is 1. The molecule has 0 unspecified atom stereocenters. The minimum Gasteiger partial charge on any atom is -0.471 e. The lowest BCUT2D eigenvalue weighted by molar-refractivity contribution is 0.0946. The number of ether oxygens (including phenoxy) is 1. The van der Waals surface area contributed by atoms with E-state index >= 15 is 0 Å². The molecule has 0 spiro atoms. The molecular formula is C22H24N6O2. The third-order valence-corrected chi connectivity index (χ3v) is 4.80. The van der Waals surface area contributed by atoms with E-state index in [0.717, 1.165) is 35.6 Å². The Hall–Kier alpha value is -3.68. The Morgan fingerprint density at radius 1 is 1.10 bits per heavy atom. The van der Waals surface area contributed by atoms with Crippen molar-refractivity contribution < 1.29 is 9.53 Å². The summed E-state index contributed by atoms with van der Waals surface area (Å²) in [5.74, 6) is 1.49. The van der Waals surface area contributed by atoms with Gasteiger partial charge in [0.15, 0.2) is 12.4 Å². The molecule has 3 aromatic heterocycles. The number of benzene rings is 1. The largest absolute Gasteiger partial charge is 0.471 e. The van der Waals surface area contributed by atoms with Gasteiger partial charge in [-0.25, -0.2) is 4.68 Å². The lowest BCUT2D eigenvalue weighted by Crippen LogP contribution is -2.25. The normalized spacial score (nSPS) is 11.0. The number of amides is 1. The molecule has 0 aliphatic rings. The number of aromatic nitrogens is 5. The van der Waals surface area contributed by atoms with Crippen molar-refractivity contribution in [2.24, 2.45) is 0 Å². The summed E-state index contributed by atoms with van der Waals surface area (Å²) >= 11 is 0. The quantitative estimate of drug-likeness (QED) is 0.456. The molecule has 0 bridgehead atoms. The monoisotopic (exact) mass is 404 g/mol. The van der Waals surface area contributed by atoms with Crippen molar-refractivity contribution in [2.45, 2.75) is 33.4 Å². The number of hydrogen-bond acceptors (Lipinski definition) is 5. The Kier molecular flexibility index (Phi) is 5.74. The van der Waals surface area contributed by atoms with Crippen molar-refractivity contribution in [1.82, 2.24) is 29.7 Å². The molecule has 3 heterocycles. The minimum atomic E-state index is -0.202. The van der Waals surface area contributed by atoms with Gasteiger partial charge in [-0.3, -0.25) is 9.20 Å². The van der Waals surface area contributed by atoms with Crippen molar-refractivity contribution in [3.63, 3.8) is 0 Å². The molecular weight excluding hydrogens is 380 g/mol. The third-order valence-electron chi connectivity index (χ3n) is 4.80. The van der Waals surface area contributed by atoms with Crippen LogP contribution in [0.2, 0.25) is 0 Å². The zero-order valence-electron chi connectivity index (χ0n) is 17.1. The van der Waals surface area contributed by atoms with Gasteiger partial charge in [0.1, 0.15) is 17.3 Å². The molecule has 0 atom stereocenters. The maximum atomic E-state index is 12.3. The van der Waals surface area contributed by atoms with Gasteiger partial charge >= 0.3 is 0 Å². The Morgan fingerprint density at radius 3 is 2.87 bits per heavy atom. The van der Waals surface area contributed by atoms with E-state index in [0.29, 0.717) is 12.2 Å². The van der Waals surface area contributed by atoms with Gasteiger partial charge in [0.2, 0.25) is 0 Å². The van der Waals surface area contributed by atoms with E-state index in [1.807, 2.05) is 54.8 Å². The third kappa shape index (κ3) is 4.48. The summed E-state index contributed by atoms with van der Waals surface area (Å²) in [6.45, 7) is 4.83. The fraction of sp³-hybridized carbons (Fsp3) is 0.273. The zero-order valence-corrected chi connectivity index (χ0v) is 17.1. The molecule has 0 saturated heterocycles. The van der Waals surface area contributed by atoms with Gasteiger partial charge in [-0.15, -0.1) is 10.2 Å². The molecule has 8 nitrogen and oxygen atoms in total. The van der Waals surface area contributed by atoms with Crippen LogP contribution in [-0.4, -0.2) is 36.8 Å². The van der Waals surface area contributed by atoms with Gasteiger partial charge in [0, 0.05) is 25.4 Å². The average molecular weight is 404 g/mol. The summed E-state index contributed by atoms with van der Waals surface area (Å²) in [5, 5.41) is 15.5. The van der Waals surface area contributed by atoms with Crippen molar-refractivity contribution in [3.05, 3.63) is 77.5 Å². The second-order valence-electron chi connectivity index (χ2n) is 7.19. The van der Waals surface area contributed by atoms with Crippen LogP contribution in [0.4, 0.5) is 0 Å². The number of pyridine rings is 1. The highest BCUT2D eigenvalue weighted by Crippen LogP contribution is 2.19. The first-order chi connectivity index (χ1) is 14.6. The lowest BCUT2D eigenvalue weighted by atomic mass is 10.1. The van der Waals surface area contributed by atoms with E-state index in [2.05, 4.69) is 26.7 Å². The maximum Gasteiger partial charge on any atom is 0.271 e. The van der Waals surface area contributed by atoms with E-state index in [-0.39, 0.29) is 12.6 Å². The number of aryl methyl sites for hydroxylation is 3. The zero-order chi connectivity index (χ0) is 20.9. The maximum absolute atomic E-state index is 12.3. The molecule has 0 fully saturated rings. The molecule has 0 saturated carbocycles. The standard InChI is InChI=1S/C22H24N6O2/c1-16-8-9-19(17(2)14-16)30-15-27-13-10-18(26-27)22(29)23-11-5-7-21-25-24-20-6-3-4-12-28(20)21/h3-4,6,8-10,12-14H,5,7,11,15H2,1-2H3,(H,23,29). The molecule has 154 valence electrons. The molecule has 0 aliphatic carbocycles. The van der Waals surface area contributed by atoms with Crippen LogP contribution >= 0.6 is 0 Å². The first kappa shape index (κ1) is 19.6.